The Bertz CT molecular complexity index is 367. The Hall–Kier alpha value is -1.02. The molecule has 0 spiro atoms. The normalized spacial score (nSPS) is 13.0. The van der Waals surface area contributed by atoms with Gasteiger partial charge in [0.25, 0.3) is 0 Å². The maximum Gasteiger partial charge on any atom is 0.0366 e. The van der Waals surface area contributed by atoms with Crippen LogP contribution < -0.4 is 10.6 Å². The molecule has 0 aliphatic heterocycles. The first-order valence-electron chi connectivity index (χ1n) is 8.48. The lowest BCUT2D eigenvalue weighted by atomic mass is 10.1. The number of anilines is 1. The molecule has 1 aromatic rings. The molecule has 120 valence electrons. The third kappa shape index (κ3) is 7.52. The minimum Gasteiger partial charge on any atom is -0.372 e. The van der Waals surface area contributed by atoms with Crippen LogP contribution in [0.3, 0.4) is 0 Å². The highest BCUT2D eigenvalue weighted by Crippen LogP contribution is 2.19. The van der Waals surface area contributed by atoms with Crippen molar-refractivity contribution in [1.82, 2.24) is 0 Å². The highest BCUT2D eigenvalue weighted by Gasteiger charge is 2.09. The first-order valence-corrected chi connectivity index (χ1v) is 8.48. The topological polar surface area (TPSA) is 29.3 Å². The Kier molecular flexibility index (Phi) is 7.81. The summed E-state index contributed by atoms with van der Waals surface area (Å²) >= 11 is 0. The van der Waals surface area contributed by atoms with E-state index >= 15 is 0 Å². The van der Waals surface area contributed by atoms with E-state index in [4.69, 9.17) is 5.73 Å². The van der Waals surface area contributed by atoms with Crippen LogP contribution in [0.25, 0.3) is 0 Å². The van der Waals surface area contributed by atoms with Gasteiger partial charge in [-0.05, 0) is 55.7 Å². The van der Waals surface area contributed by atoms with Gasteiger partial charge in [-0.2, -0.15) is 0 Å². The molecule has 1 rings (SSSR count). The quantitative estimate of drug-likeness (QED) is 0.727. The van der Waals surface area contributed by atoms with Crippen LogP contribution in [0.5, 0.6) is 0 Å². The lowest BCUT2D eigenvalue weighted by Crippen LogP contribution is -2.27. The fraction of sp³-hybridized carbons (Fsp3) is 0.684. The van der Waals surface area contributed by atoms with Gasteiger partial charge in [-0.1, -0.05) is 39.8 Å². The highest BCUT2D eigenvalue weighted by atomic mass is 15.1. The number of benzene rings is 1. The predicted molar refractivity (Wildman–Crippen MR) is 94.9 cm³/mol. The summed E-state index contributed by atoms with van der Waals surface area (Å²) in [5.41, 5.74) is 8.56. The van der Waals surface area contributed by atoms with Gasteiger partial charge in [-0.15, -0.1) is 0 Å². The van der Waals surface area contributed by atoms with Crippen molar-refractivity contribution in [2.45, 2.75) is 59.9 Å². The molecule has 21 heavy (non-hydrogen) atoms. The Labute approximate surface area is 131 Å². The van der Waals surface area contributed by atoms with E-state index in [1.807, 2.05) is 0 Å². The third-order valence-corrected chi connectivity index (χ3v) is 3.81. The van der Waals surface area contributed by atoms with E-state index in [2.05, 4.69) is 63.8 Å². The zero-order valence-corrected chi connectivity index (χ0v) is 14.6. The lowest BCUT2D eigenvalue weighted by Gasteiger charge is -2.27. The minimum absolute atomic E-state index is 0.230. The first kappa shape index (κ1) is 18.0. The van der Waals surface area contributed by atoms with E-state index in [9.17, 15) is 0 Å². The Morgan fingerprint density at radius 3 is 1.71 bits per heavy atom. The molecular formula is C19H34N2. The Morgan fingerprint density at radius 2 is 1.33 bits per heavy atom. The summed E-state index contributed by atoms with van der Waals surface area (Å²) in [6.07, 6.45) is 3.46. The SMILES string of the molecule is CC(C)CCN(CCC(C)C)c1ccc(CC(C)N)cc1. The summed E-state index contributed by atoms with van der Waals surface area (Å²) in [5, 5.41) is 0. The molecular weight excluding hydrogens is 256 g/mol. The molecule has 0 aliphatic rings. The van der Waals surface area contributed by atoms with E-state index < -0.39 is 0 Å². The molecule has 0 radical (unpaired) electrons. The molecule has 0 heterocycles. The van der Waals surface area contributed by atoms with Crippen LogP contribution in [0.1, 0.15) is 53.0 Å². The fourth-order valence-electron chi connectivity index (χ4n) is 2.41. The average Bonchev–Trinajstić information content (AvgIpc) is 2.39. The minimum atomic E-state index is 0.230. The van der Waals surface area contributed by atoms with Gasteiger partial charge in [0.05, 0.1) is 0 Å². The zero-order chi connectivity index (χ0) is 15.8. The molecule has 0 saturated carbocycles. The molecule has 0 aromatic heterocycles. The van der Waals surface area contributed by atoms with Crippen molar-refractivity contribution in [2.24, 2.45) is 17.6 Å². The monoisotopic (exact) mass is 290 g/mol. The second kappa shape index (κ2) is 9.09. The van der Waals surface area contributed by atoms with Crippen LogP contribution in [0.2, 0.25) is 0 Å². The Balaban J connectivity index is 2.71. The summed E-state index contributed by atoms with van der Waals surface area (Å²) in [4.78, 5) is 2.54. The van der Waals surface area contributed by atoms with Crippen molar-refractivity contribution in [2.75, 3.05) is 18.0 Å². The molecule has 2 nitrogen and oxygen atoms in total. The predicted octanol–water partition coefficient (Wildman–Crippen LogP) is 4.47. The van der Waals surface area contributed by atoms with E-state index in [1.54, 1.807) is 0 Å². The summed E-state index contributed by atoms with van der Waals surface area (Å²) in [6, 6.07) is 9.22. The van der Waals surface area contributed by atoms with E-state index in [-0.39, 0.29) is 6.04 Å². The second-order valence-electron chi connectivity index (χ2n) is 7.20. The number of rotatable bonds is 9. The summed E-state index contributed by atoms with van der Waals surface area (Å²) in [5.74, 6) is 1.51. The van der Waals surface area contributed by atoms with Crippen molar-refractivity contribution in [3.63, 3.8) is 0 Å². The van der Waals surface area contributed by atoms with Gasteiger partial charge in [0, 0.05) is 24.8 Å². The van der Waals surface area contributed by atoms with Crippen LogP contribution in [0, 0.1) is 11.8 Å². The van der Waals surface area contributed by atoms with Crippen LogP contribution in [0.15, 0.2) is 24.3 Å². The summed E-state index contributed by atoms with van der Waals surface area (Å²) < 4.78 is 0. The molecule has 2 heteroatoms. The molecule has 0 aliphatic carbocycles. The van der Waals surface area contributed by atoms with Crippen LogP contribution in [-0.2, 0) is 6.42 Å². The zero-order valence-electron chi connectivity index (χ0n) is 14.6. The highest BCUT2D eigenvalue weighted by molar-refractivity contribution is 5.47. The van der Waals surface area contributed by atoms with Gasteiger partial charge in [-0.3, -0.25) is 0 Å². The fourth-order valence-corrected chi connectivity index (χ4v) is 2.41. The molecule has 1 atom stereocenters. The smallest absolute Gasteiger partial charge is 0.0366 e. The largest absolute Gasteiger partial charge is 0.372 e. The van der Waals surface area contributed by atoms with Crippen LogP contribution in [-0.4, -0.2) is 19.1 Å². The number of hydrogen-bond acceptors (Lipinski definition) is 2. The molecule has 0 amide bonds. The van der Waals surface area contributed by atoms with Gasteiger partial charge >= 0.3 is 0 Å². The first-order chi connectivity index (χ1) is 9.88. The maximum absolute atomic E-state index is 5.87. The van der Waals surface area contributed by atoms with Crippen molar-refractivity contribution in [3.8, 4) is 0 Å². The Morgan fingerprint density at radius 1 is 0.857 bits per heavy atom. The standard InChI is InChI=1S/C19H34N2/c1-15(2)10-12-21(13-11-16(3)4)19-8-6-18(7-9-19)14-17(5)20/h6-9,15-17H,10-14,20H2,1-5H3. The lowest BCUT2D eigenvalue weighted by molar-refractivity contribution is 0.535. The van der Waals surface area contributed by atoms with Crippen LogP contribution in [0.4, 0.5) is 5.69 Å². The van der Waals surface area contributed by atoms with E-state index in [0.717, 1.165) is 31.3 Å². The van der Waals surface area contributed by atoms with Gasteiger partial charge in [-0.25, -0.2) is 0 Å². The van der Waals surface area contributed by atoms with Gasteiger partial charge in [0.2, 0.25) is 0 Å². The van der Waals surface area contributed by atoms with E-state index in [0.29, 0.717) is 0 Å². The van der Waals surface area contributed by atoms with Crippen molar-refractivity contribution >= 4 is 5.69 Å². The average molecular weight is 290 g/mol. The molecule has 0 bridgehead atoms. The van der Waals surface area contributed by atoms with Crippen molar-refractivity contribution in [3.05, 3.63) is 29.8 Å². The number of hydrogen-bond donors (Lipinski definition) is 1. The van der Waals surface area contributed by atoms with E-state index in [1.165, 1.54) is 24.1 Å². The number of nitrogens with two attached hydrogens (primary N) is 1. The maximum atomic E-state index is 5.87. The molecule has 1 unspecified atom stereocenters. The third-order valence-electron chi connectivity index (χ3n) is 3.81. The number of nitrogens with zero attached hydrogens (tertiary/aromatic N) is 1. The molecule has 1 aromatic carbocycles. The van der Waals surface area contributed by atoms with Gasteiger partial charge in [0.1, 0.15) is 0 Å². The molecule has 2 N–H and O–H groups in total. The van der Waals surface area contributed by atoms with Crippen molar-refractivity contribution < 1.29 is 0 Å². The summed E-state index contributed by atoms with van der Waals surface area (Å²) in [7, 11) is 0. The van der Waals surface area contributed by atoms with Gasteiger partial charge in [0.15, 0.2) is 0 Å². The molecule has 0 fully saturated rings. The van der Waals surface area contributed by atoms with Crippen LogP contribution >= 0.6 is 0 Å². The summed E-state index contributed by atoms with van der Waals surface area (Å²) in [6.45, 7) is 13.6. The van der Waals surface area contributed by atoms with Gasteiger partial charge < -0.3 is 10.6 Å². The van der Waals surface area contributed by atoms with Crippen molar-refractivity contribution in [1.29, 1.82) is 0 Å². The second-order valence-corrected chi connectivity index (χ2v) is 7.20. The molecule has 0 saturated heterocycles.